The Kier molecular flexibility index (Phi) is 6.52. The van der Waals surface area contributed by atoms with E-state index in [2.05, 4.69) is 10.8 Å². The van der Waals surface area contributed by atoms with Crippen LogP contribution in [-0.4, -0.2) is 42.0 Å². The third-order valence-corrected chi connectivity index (χ3v) is 4.39. The highest BCUT2D eigenvalue weighted by molar-refractivity contribution is 14.1. The van der Waals surface area contributed by atoms with E-state index in [1.165, 1.54) is 25.3 Å². The number of nitrogens with zero attached hydrogens (tertiary/aromatic N) is 1. The normalized spacial score (nSPS) is 22.9. The molecular formula is C16H19FIN3O4. The molecule has 25 heavy (non-hydrogen) atoms. The minimum absolute atomic E-state index is 0.0847. The van der Waals surface area contributed by atoms with Gasteiger partial charge in [0.2, 0.25) is 5.82 Å². The zero-order valence-corrected chi connectivity index (χ0v) is 15.9. The summed E-state index contributed by atoms with van der Waals surface area (Å²) in [5.41, 5.74) is 2.84. The molecule has 0 saturated carbocycles. The number of aliphatic hydroxyl groups excluding tert-OH is 1. The Morgan fingerprint density at radius 3 is 2.84 bits per heavy atom. The third-order valence-electron chi connectivity index (χ3n) is 3.71. The van der Waals surface area contributed by atoms with Crippen molar-refractivity contribution in [2.75, 3.05) is 25.6 Å². The van der Waals surface area contributed by atoms with Crippen molar-refractivity contribution in [3.63, 3.8) is 0 Å². The highest BCUT2D eigenvalue weighted by atomic mass is 127. The molecule has 0 spiro atoms. The van der Waals surface area contributed by atoms with E-state index in [-0.39, 0.29) is 24.7 Å². The van der Waals surface area contributed by atoms with Crippen LogP contribution in [-0.2, 0) is 9.63 Å². The molecule has 1 aliphatic rings. The number of nitrogens with one attached hydrogen (secondary N) is 2. The summed E-state index contributed by atoms with van der Waals surface area (Å²) in [5, 5.41) is 24.6. The standard InChI is InChI=1S/C16H19FIN3O4/c1-10-3-6-14(19-13-5-4-11(18)9-12(13)17)21(2,24)15(10)16(23)20-25-8-7-22/h3-6,9,15,19,22H,7-8H2,1-2H3,(H,20,23). The molecule has 2 unspecified atom stereocenters. The molecule has 1 aromatic carbocycles. The molecule has 0 aromatic heterocycles. The van der Waals surface area contributed by atoms with Gasteiger partial charge in [0.05, 0.1) is 25.9 Å². The number of benzene rings is 1. The lowest BCUT2D eigenvalue weighted by molar-refractivity contribution is -0.833. The van der Waals surface area contributed by atoms with E-state index < -0.39 is 22.4 Å². The molecule has 0 fully saturated rings. The van der Waals surface area contributed by atoms with Gasteiger partial charge in [0.15, 0.2) is 6.04 Å². The predicted octanol–water partition coefficient (Wildman–Crippen LogP) is 2.00. The van der Waals surface area contributed by atoms with E-state index in [1.54, 1.807) is 19.1 Å². The number of allylic oxidation sites excluding steroid dienone is 2. The van der Waals surface area contributed by atoms with Crippen molar-refractivity contribution in [1.29, 1.82) is 0 Å². The van der Waals surface area contributed by atoms with Crippen LogP contribution in [0.1, 0.15) is 6.92 Å². The van der Waals surface area contributed by atoms with Gasteiger partial charge >= 0.3 is 5.91 Å². The van der Waals surface area contributed by atoms with E-state index in [1.807, 2.05) is 22.6 Å². The van der Waals surface area contributed by atoms with Crippen molar-refractivity contribution in [2.24, 2.45) is 0 Å². The van der Waals surface area contributed by atoms with Crippen molar-refractivity contribution < 1.29 is 23.8 Å². The van der Waals surface area contributed by atoms with Gasteiger partial charge in [-0.25, -0.2) is 9.87 Å². The maximum absolute atomic E-state index is 14.1. The number of likely N-dealkylation sites (N-methyl/N-ethyl adjacent to an activating group) is 1. The van der Waals surface area contributed by atoms with Crippen LogP contribution < -0.4 is 10.8 Å². The van der Waals surface area contributed by atoms with Crippen LogP contribution in [0.15, 0.2) is 41.7 Å². The summed E-state index contributed by atoms with van der Waals surface area (Å²) in [6.45, 7) is 1.31. The van der Waals surface area contributed by atoms with Crippen molar-refractivity contribution in [1.82, 2.24) is 5.48 Å². The fourth-order valence-corrected chi connectivity index (χ4v) is 2.97. The number of carbonyl (C=O) groups is 1. The average Bonchev–Trinajstić information content (AvgIpc) is 2.52. The number of halogens is 2. The number of hydrogen-bond acceptors (Lipinski definition) is 5. The van der Waals surface area contributed by atoms with Gasteiger partial charge in [0.1, 0.15) is 5.82 Å². The Morgan fingerprint density at radius 2 is 2.20 bits per heavy atom. The van der Waals surface area contributed by atoms with E-state index in [4.69, 9.17) is 9.94 Å². The van der Waals surface area contributed by atoms with Crippen LogP contribution in [0, 0.1) is 14.6 Å². The smallest absolute Gasteiger partial charge is 0.307 e. The van der Waals surface area contributed by atoms with Gasteiger partial charge in [-0.15, -0.1) is 0 Å². The minimum Gasteiger partial charge on any atom is -0.626 e. The molecule has 136 valence electrons. The zero-order chi connectivity index (χ0) is 18.6. The molecule has 2 rings (SSSR count). The van der Waals surface area contributed by atoms with Gasteiger partial charge in [-0.1, -0.05) is 0 Å². The van der Waals surface area contributed by atoms with Crippen LogP contribution in [0.5, 0.6) is 0 Å². The van der Waals surface area contributed by atoms with E-state index in [9.17, 15) is 14.4 Å². The predicted molar refractivity (Wildman–Crippen MR) is 99.1 cm³/mol. The van der Waals surface area contributed by atoms with Crippen LogP contribution in [0.25, 0.3) is 0 Å². The first-order valence-electron chi connectivity index (χ1n) is 7.48. The van der Waals surface area contributed by atoms with Gasteiger partial charge in [-0.05, 0) is 59.4 Å². The van der Waals surface area contributed by atoms with Gasteiger partial charge in [0.25, 0.3) is 0 Å². The minimum atomic E-state index is -1.10. The second kappa shape index (κ2) is 8.23. The molecule has 7 nitrogen and oxygen atoms in total. The lowest BCUT2D eigenvalue weighted by Crippen LogP contribution is -2.57. The number of carbonyl (C=O) groups excluding carboxylic acids is 1. The summed E-state index contributed by atoms with van der Waals surface area (Å²) in [6, 6.07) is 3.48. The van der Waals surface area contributed by atoms with Crippen molar-refractivity contribution in [3.05, 3.63) is 56.3 Å². The number of rotatable bonds is 6. The molecule has 0 aliphatic carbocycles. The first-order chi connectivity index (χ1) is 11.8. The molecular weight excluding hydrogens is 444 g/mol. The summed E-state index contributed by atoms with van der Waals surface area (Å²) < 4.78 is 13.7. The lowest BCUT2D eigenvalue weighted by Gasteiger charge is -2.46. The number of anilines is 1. The molecule has 3 N–H and O–H groups in total. The van der Waals surface area contributed by atoms with Crippen molar-refractivity contribution in [2.45, 2.75) is 13.0 Å². The number of amides is 1. The van der Waals surface area contributed by atoms with Crippen molar-refractivity contribution >= 4 is 34.2 Å². The Balaban J connectivity index is 2.23. The third kappa shape index (κ3) is 4.55. The largest absolute Gasteiger partial charge is 0.626 e. The van der Waals surface area contributed by atoms with Gasteiger partial charge in [0, 0.05) is 9.65 Å². The molecule has 1 amide bonds. The number of hydrogen-bond donors (Lipinski definition) is 3. The van der Waals surface area contributed by atoms with Crippen LogP contribution >= 0.6 is 22.6 Å². The number of aliphatic hydroxyl groups is 1. The van der Waals surface area contributed by atoms with Gasteiger partial charge in [-0.2, -0.15) is 0 Å². The maximum Gasteiger partial charge on any atom is 0.307 e. The highest BCUT2D eigenvalue weighted by Gasteiger charge is 2.39. The Labute approximate surface area is 158 Å². The maximum atomic E-state index is 14.1. The number of hydroxylamine groups is 4. The van der Waals surface area contributed by atoms with Crippen LogP contribution in [0.3, 0.4) is 0 Å². The zero-order valence-electron chi connectivity index (χ0n) is 13.8. The fourth-order valence-electron chi connectivity index (χ4n) is 2.51. The van der Waals surface area contributed by atoms with E-state index in [0.717, 1.165) is 3.57 Å². The summed E-state index contributed by atoms with van der Waals surface area (Å²) in [4.78, 5) is 17.1. The Morgan fingerprint density at radius 1 is 1.48 bits per heavy atom. The topological polar surface area (TPSA) is 93.7 Å². The Bertz CT molecular complexity index is 721. The SMILES string of the molecule is CC1=CC=C(Nc2ccc(I)cc2F)[N+](C)([O-])C1C(=O)NOCCO. The summed E-state index contributed by atoms with van der Waals surface area (Å²) in [6.07, 6.45) is 3.15. The van der Waals surface area contributed by atoms with Gasteiger partial charge in [-0.3, -0.25) is 9.63 Å². The quantitative estimate of drug-likeness (QED) is 0.197. The van der Waals surface area contributed by atoms with Gasteiger partial charge < -0.3 is 20.3 Å². The molecule has 1 aromatic rings. The Hall–Kier alpha value is -1.53. The second-order valence-electron chi connectivity index (χ2n) is 5.64. The summed E-state index contributed by atoms with van der Waals surface area (Å²) >= 11 is 1.99. The molecule has 1 heterocycles. The first kappa shape index (κ1) is 19.8. The second-order valence-corrected chi connectivity index (χ2v) is 6.89. The average molecular weight is 463 g/mol. The van der Waals surface area contributed by atoms with E-state index in [0.29, 0.717) is 5.57 Å². The number of quaternary nitrogens is 1. The summed E-state index contributed by atoms with van der Waals surface area (Å²) in [7, 11) is 1.30. The van der Waals surface area contributed by atoms with E-state index >= 15 is 0 Å². The lowest BCUT2D eigenvalue weighted by atomic mass is 10.0. The van der Waals surface area contributed by atoms with Crippen LogP contribution in [0.4, 0.5) is 10.1 Å². The monoisotopic (exact) mass is 463 g/mol. The first-order valence-corrected chi connectivity index (χ1v) is 8.56. The van der Waals surface area contributed by atoms with Crippen molar-refractivity contribution in [3.8, 4) is 0 Å². The molecule has 2 atom stereocenters. The molecule has 9 heteroatoms. The molecule has 0 radical (unpaired) electrons. The van der Waals surface area contributed by atoms with Crippen LogP contribution in [0.2, 0.25) is 0 Å². The highest BCUT2D eigenvalue weighted by Crippen LogP contribution is 2.30. The molecule has 1 aliphatic heterocycles. The molecule has 0 saturated heterocycles. The summed E-state index contributed by atoms with van der Waals surface area (Å²) in [5.74, 6) is -1.02. The fraction of sp³-hybridized carbons (Fsp3) is 0.312. The molecule has 0 bridgehead atoms.